The van der Waals surface area contributed by atoms with Crippen LogP contribution in [0.25, 0.3) is 0 Å². The Labute approximate surface area is 105 Å². The molecule has 0 spiro atoms. The number of pyridine rings is 1. The number of thioether (sulfide) groups is 1. The molecule has 4 nitrogen and oxygen atoms in total. The van der Waals surface area contributed by atoms with Gasteiger partial charge in [-0.1, -0.05) is 18.5 Å². The number of nitrogens with zero attached hydrogens (tertiary/aromatic N) is 1. The molecule has 0 aliphatic carbocycles. The first-order chi connectivity index (χ1) is 7.67. The summed E-state index contributed by atoms with van der Waals surface area (Å²) in [6.07, 6.45) is 0. The van der Waals surface area contributed by atoms with Crippen LogP contribution >= 0.6 is 23.4 Å². The second-order valence-corrected chi connectivity index (χ2v) is 5.01. The van der Waals surface area contributed by atoms with Crippen LogP contribution in [0.5, 0.6) is 0 Å². The fourth-order valence-corrected chi connectivity index (χ4v) is 2.37. The maximum atomic E-state index is 8.89. The van der Waals surface area contributed by atoms with Crippen LogP contribution in [-0.2, 0) is 5.75 Å². The summed E-state index contributed by atoms with van der Waals surface area (Å²) < 4.78 is 0. The van der Waals surface area contributed by atoms with Crippen molar-refractivity contribution in [1.29, 1.82) is 0 Å². The van der Waals surface area contributed by atoms with Crippen molar-refractivity contribution in [2.75, 3.05) is 17.8 Å². The number of hydrogen-bond donors (Lipinski definition) is 3. The highest BCUT2D eigenvalue weighted by molar-refractivity contribution is 7.98. The number of nitrogens with two attached hydrogens (primary N) is 1. The minimum atomic E-state index is 0.207. The van der Waals surface area contributed by atoms with Crippen LogP contribution in [0.3, 0.4) is 0 Å². The first-order valence-electron chi connectivity index (χ1n) is 4.98. The Morgan fingerprint density at radius 2 is 2.38 bits per heavy atom. The van der Waals surface area contributed by atoms with Crippen molar-refractivity contribution in [3.8, 4) is 0 Å². The summed E-state index contributed by atoms with van der Waals surface area (Å²) in [5.41, 5.74) is 3.30. The molecule has 1 aromatic heterocycles. The Morgan fingerprint density at radius 1 is 1.62 bits per heavy atom. The van der Waals surface area contributed by atoms with Crippen molar-refractivity contribution in [3.63, 3.8) is 0 Å². The van der Waals surface area contributed by atoms with E-state index in [-0.39, 0.29) is 6.61 Å². The first-order valence-corrected chi connectivity index (χ1v) is 6.51. The number of nitrogen functional groups attached to an aromatic ring is 1. The Morgan fingerprint density at radius 3 is 3.00 bits per heavy atom. The molecule has 0 bridgehead atoms. The van der Waals surface area contributed by atoms with E-state index in [0.29, 0.717) is 16.8 Å². The van der Waals surface area contributed by atoms with Gasteiger partial charge in [-0.05, 0) is 23.8 Å². The maximum absolute atomic E-state index is 8.89. The summed E-state index contributed by atoms with van der Waals surface area (Å²) in [5.74, 6) is 7.77. The summed E-state index contributed by atoms with van der Waals surface area (Å²) >= 11 is 7.71. The number of nitrogens with one attached hydrogen (secondary N) is 1. The van der Waals surface area contributed by atoms with Gasteiger partial charge in [0.05, 0.1) is 10.7 Å². The summed E-state index contributed by atoms with van der Waals surface area (Å²) in [4.78, 5) is 4.26. The second-order valence-electron chi connectivity index (χ2n) is 3.57. The molecule has 1 unspecified atom stereocenters. The molecule has 0 saturated carbocycles. The average molecular weight is 262 g/mol. The van der Waals surface area contributed by atoms with Gasteiger partial charge in [-0.15, -0.1) is 0 Å². The van der Waals surface area contributed by atoms with Crippen LogP contribution in [0.4, 0.5) is 5.82 Å². The highest BCUT2D eigenvalue weighted by Crippen LogP contribution is 2.22. The predicted octanol–water partition coefficient (Wildman–Crippen LogP) is 1.88. The van der Waals surface area contributed by atoms with Gasteiger partial charge in [-0.2, -0.15) is 11.8 Å². The zero-order chi connectivity index (χ0) is 12.0. The van der Waals surface area contributed by atoms with Gasteiger partial charge in [-0.3, -0.25) is 0 Å². The van der Waals surface area contributed by atoms with Gasteiger partial charge in [0.1, 0.15) is 5.82 Å². The molecular weight excluding hydrogens is 246 g/mol. The summed E-state index contributed by atoms with van der Waals surface area (Å²) in [6.45, 7) is 2.21. The number of aromatic nitrogens is 1. The molecule has 0 aromatic carbocycles. The molecule has 1 heterocycles. The number of hydrogen-bond acceptors (Lipinski definition) is 5. The lowest BCUT2D eigenvalue weighted by molar-refractivity contribution is 0.250. The number of anilines is 1. The number of hydrazine groups is 1. The highest BCUT2D eigenvalue weighted by Gasteiger charge is 2.05. The molecule has 4 N–H and O–H groups in total. The lowest BCUT2D eigenvalue weighted by Gasteiger charge is -2.08. The Bertz CT molecular complexity index is 338. The number of aliphatic hydroxyl groups is 1. The normalized spacial score (nSPS) is 12.5. The molecule has 0 saturated heterocycles. The molecule has 16 heavy (non-hydrogen) atoms. The van der Waals surface area contributed by atoms with Gasteiger partial charge >= 0.3 is 0 Å². The number of aliphatic hydroxyl groups excluding tert-OH is 1. The second kappa shape index (κ2) is 6.96. The van der Waals surface area contributed by atoms with Crippen LogP contribution in [-0.4, -0.2) is 22.5 Å². The van der Waals surface area contributed by atoms with E-state index < -0.39 is 0 Å². The third-order valence-electron chi connectivity index (χ3n) is 2.02. The van der Waals surface area contributed by atoms with Crippen LogP contribution < -0.4 is 11.3 Å². The van der Waals surface area contributed by atoms with Gasteiger partial charge < -0.3 is 10.5 Å². The number of halogens is 1. The molecule has 0 radical (unpaired) electrons. The summed E-state index contributed by atoms with van der Waals surface area (Å²) in [6, 6.07) is 3.50. The van der Waals surface area contributed by atoms with E-state index in [4.69, 9.17) is 22.6 Å². The van der Waals surface area contributed by atoms with E-state index >= 15 is 0 Å². The quantitative estimate of drug-likeness (QED) is 0.539. The average Bonchev–Trinajstić information content (AvgIpc) is 2.31. The van der Waals surface area contributed by atoms with Gasteiger partial charge in [-0.25, -0.2) is 10.8 Å². The van der Waals surface area contributed by atoms with Crippen molar-refractivity contribution in [2.24, 2.45) is 11.8 Å². The SMILES string of the molecule is CC(CO)CSCc1nc(NN)ccc1Cl. The molecule has 6 heteroatoms. The minimum Gasteiger partial charge on any atom is -0.396 e. The molecule has 0 aliphatic rings. The third kappa shape index (κ3) is 4.17. The Balaban J connectivity index is 2.52. The monoisotopic (exact) mass is 261 g/mol. The van der Waals surface area contributed by atoms with E-state index in [1.165, 1.54) is 0 Å². The third-order valence-corrected chi connectivity index (χ3v) is 3.65. The molecule has 0 fully saturated rings. The van der Waals surface area contributed by atoms with Crippen molar-refractivity contribution in [2.45, 2.75) is 12.7 Å². The predicted molar refractivity (Wildman–Crippen MR) is 69.5 cm³/mol. The lowest BCUT2D eigenvalue weighted by atomic mass is 10.2. The topological polar surface area (TPSA) is 71.2 Å². The van der Waals surface area contributed by atoms with Crippen LogP contribution in [0.15, 0.2) is 12.1 Å². The highest BCUT2D eigenvalue weighted by atomic mass is 35.5. The zero-order valence-electron chi connectivity index (χ0n) is 9.11. The van der Waals surface area contributed by atoms with Crippen LogP contribution in [0.1, 0.15) is 12.6 Å². The molecule has 1 atom stereocenters. The van der Waals surface area contributed by atoms with E-state index in [2.05, 4.69) is 10.4 Å². The molecule has 1 rings (SSSR count). The number of rotatable bonds is 6. The van der Waals surface area contributed by atoms with Gasteiger partial charge in [0.25, 0.3) is 0 Å². The summed E-state index contributed by atoms with van der Waals surface area (Å²) in [5, 5.41) is 9.53. The van der Waals surface area contributed by atoms with Crippen molar-refractivity contribution in [1.82, 2.24) is 4.98 Å². The van der Waals surface area contributed by atoms with E-state index in [9.17, 15) is 0 Å². The zero-order valence-corrected chi connectivity index (χ0v) is 10.7. The van der Waals surface area contributed by atoms with Crippen molar-refractivity contribution < 1.29 is 5.11 Å². The van der Waals surface area contributed by atoms with Gasteiger partial charge in [0, 0.05) is 12.4 Å². The van der Waals surface area contributed by atoms with Crippen molar-refractivity contribution >= 4 is 29.2 Å². The van der Waals surface area contributed by atoms with Crippen LogP contribution in [0, 0.1) is 5.92 Å². The molecule has 1 aromatic rings. The molecule has 0 aliphatic heterocycles. The Kier molecular flexibility index (Phi) is 5.90. The fraction of sp³-hybridized carbons (Fsp3) is 0.500. The minimum absolute atomic E-state index is 0.207. The standard InChI is InChI=1S/C10H16ClN3OS/c1-7(4-15)5-16-6-9-8(11)2-3-10(13-9)14-12/h2-3,7,15H,4-6,12H2,1H3,(H,13,14). The molecule has 90 valence electrons. The largest absolute Gasteiger partial charge is 0.396 e. The van der Waals surface area contributed by atoms with E-state index in [1.54, 1.807) is 23.9 Å². The van der Waals surface area contributed by atoms with Gasteiger partial charge in [0.15, 0.2) is 0 Å². The Hall–Kier alpha value is -0.490. The first kappa shape index (κ1) is 13.6. The maximum Gasteiger partial charge on any atom is 0.140 e. The van der Waals surface area contributed by atoms with E-state index in [1.807, 2.05) is 6.92 Å². The van der Waals surface area contributed by atoms with Crippen molar-refractivity contribution in [3.05, 3.63) is 22.8 Å². The van der Waals surface area contributed by atoms with E-state index in [0.717, 1.165) is 17.2 Å². The summed E-state index contributed by atoms with van der Waals surface area (Å²) in [7, 11) is 0. The lowest BCUT2D eigenvalue weighted by Crippen LogP contribution is -2.09. The molecular formula is C10H16ClN3OS. The van der Waals surface area contributed by atoms with Gasteiger partial charge in [0.2, 0.25) is 0 Å². The van der Waals surface area contributed by atoms with Crippen LogP contribution in [0.2, 0.25) is 5.02 Å². The smallest absolute Gasteiger partial charge is 0.140 e. The fourth-order valence-electron chi connectivity index (χ4n) is 1.08. The molecule has 0 amide bonds.